The van der Waals surface area contributed by atoms with Crippen LogP contribution in [0.25, 0.3) is 0 Å². The fraction of sp³-hybridized carbons (Fsp3) is 0.750. The van der Waals surface area contributed by atoms with Crippen molar-refractivity contribution in [1.29, 1.82) is 0 Å². The molecule has 0 radical (unpaired) electrons. The third-order valence-corrected chi connectivity index (χ3v) is 5.93. The minimum absolute atomic E-state index is 0.809. The second kappa shape index (κ2) is 11.7. The van der Waals surface area contributed by atoms with Gasteiger partial charge in [-0.3, -0.25) is 0 Å². The number of hydrogen-bond acceptors (Lipinski definition) is 0. The van der Waals surface area contributed by atoms with Crippen molar-refractivity contribution in [2.75, 3.05) is 0 Å². The summed E-state index contributed by atoms with van der Waals surface area (Å²) in [6.07, 6.45) is 16.1. The van der Waals surface area contributed by atoms with Gasteiger partial charge in [0.2, 0.25) is 0 Å². The normalized spacial score (nSPS) is 28.4. The Hall–Kier alpha value is -0.780. The molecule has 0 N–H and O–H groups in total. The van der Waals surface area contributed by atoms with Gasteiger partial charge >= 0.3 is 0 Å². The lowest BCUT2D eigenvalue weighted by molar-refractivity contribution is 0.445. The zero-order valence-electron chi connectivity index (χ0n) is 16.8. The first-order chi connectivity index (χ1) is 11.4. The third-order valence-electron chi connectivity index (χ3n) is 5.93. The Morgan fingerprint density at radius 1 is 0.625 bits per heavy atom. The largest absolute Gasteiger partial charge is 0.0999 e. The minimum Gasteiger partial charge on any atom is -0.0999 e. The first kappa shape index (κ1) is 21.3. The lowest BCUT2D eigenvalue weighted by Crippen LogP contribution is -2.03. The molecule has 2 atom stereocenters. The molecule has 0 bridgehead atoms. The van der Waals surface area contributed by atoms with Crippen LogP contribution in [-0.4, -0.2) is 0 Å². The fourth-order valence-corrected chi connectivity index (χ4v) is 3.82. The van der Waals surface area contributed by atoms with Gasteiger partial charge in [0.15, 0.2) is 0 Å². The second-order valence-electron chi connectivity index (χ2n) is 8.69. The summed E-state index contributed by atoms with van der Waals surface area (Å²) in [5.74, 6) is 2.68. The summed E-state index contributed by atoms with van der Waals surface area (Å²) in [7, 11) is 0. The molecule has 0 nitrogen and oxygen atoms in total. The van der Waals surface area contributed by atoms with Gasteiger partial charge < -0.3 is 0 Å². The van der Waals surface area contributed by atoms with Gasteiger partial charge in [-0.2, -0.15) is 0 Å². The van der Waals surface area contributed by atoms with Crippen LogP contribution in [0.4, 0.5) is 0 Å². The van der Waals surface area contributed by atoms with Gasteiger partial charge in [-0.25, -0.2) is 0 Å². The van der Waals surface area contributed by atoms with Crippen molar-refractivity contribution in [3.05, 3.63) is 36.5 Å². The molecule has 3 saturated carbocycles. The maximum absolute atomic E-state index is 4.00. The van der Waals surface area contributed by atoms with Gasteiger partial charge in [-0.1, -0.05) is 70.1 Å². The predicted molar refractivity (Wildman–Crippen MR) is 110 cm³/mol. The molecular formula is C24H42. The van der Waals surface area contributed by atoms with Crippen LogP contribution in [-0.2, 0) is 0 Å². The van der Waals surface area contributed by atoms with E-state index in [9.17, 15) is 0 Å². The Morgan fingerprint density at radius 2 is 1.29 bits per heavy atom. The molecule has 3 rings (SSSR count). The first-order valence-corrected chi connectivity index (χ1v) is 10.4. The molecule has 0 heteroatoms. The molecule has 3 fully saturated rings. The molecule has 0 heterocycles. The van der Waals surface area contributed by atoms with Crippen molar-refractivity contribution in [1.82, 2.24) is 0 Å². The van der Waals surface area contributed by atoms with Gasteiger partial charge in [0.1, 0.15) is 0 Å². The van der Waals surface area contributed by atoms with Crippen molar-refractivity contribution in [2.45, 2.75) is 97.8 Å². The van der Waals surface area contributed by atoms with E-state index < -0.39 is 0 Å². The summed E-state index contributed by atoms with van der Waals surface area (Å²) in [6, 6.07) is 0. The monoisotopic (exact) mass is 330 g/mol. The Labute approximate surface area is 152 Å². The van der Waals surface area contributed by atoms with Crippen LogP contribution >= 0.6 is 0 Å². The van der Waals surface area contributed by atoms with Crippen LogP contribution in [0.2, 0.25) is 0 Å². The van der Waals surface area contributed by atoms with Crippen molar-refractivity contribution in [3.8, 4) is 0 Å². The lowest BCUT2D eigenvalue weighted by Gasteiger charge is -2.19. The maximum Gasteiger partial charge on any atom is -0.0234 e. The summed E-state index contributed by atoms with van der Waals surface area (Å²) in [6.45, 7) is 18.8. The van der Waals surface area contributed by atoms with E-state index in [-0.39, 0.29) is 0 Å². The van der Waals surface area contributed by atoms with E-state index in [0.29, 0.717) is 0 Å². The summed E-state index contributed by atoms with van der Waals surface area (Å²) < 4.78 is 0. The Morgan fingerprint density at radius 3 is 1.67 bits per heavy atom. The standard InChI is InChI=1S/3C8H14/c1-7-3-5-8(2)6-4-7;1-7-4-3-5-8(2)6-7;1-7-5-3-4-6-8(7)2/h3*8H,1,3-6H2,2H3. The molecule has 0 aromatic heterocycles. The van der Waals surface area contributed by atoms with Crippen LogP contribution < -0.4 is 0 Å². The maximum atomic E-state index is 4.00. The molecule has 138 valence electrons. The van der Waals surface area contributed by atoms with Crippen LogP contribution in [0, 0.1) is 17.8 Å². The third kappa shape index (κ3) is 9.50. The molecule has 0 aliphatic heterocycles. The van der Waals surface area contributed by atoms with E-state index in [1.165, 1.54) is 93.8 Å². The van der Waals surface area contributed by atoms with E-state index in [2.05, 4.69) is 40.5 Å². The van der Waals surface area contributed by atoms with Crippen molar-refractivity contribution in [3.63, 3.8) is 0 Å². The Kier molecular flexibility index (Phi) is 10.4. The highest BCUT2D eigenvalue weighted by molar-refractivity contribution is 5.01. The zero-order chi connectivity index (χ0) is 17.9. The van der Waals surface area contributed by atoms with Gasteiger partial charge in [0.25, 0.3) is 0 Å². The Balaban J connectivity index is 0.000000180. The first-order valence-electron chi connectivity index (χ1n) is 10.4. The van der Waals surface area contributed by atoms with Crippen LogP contribution in [0.3, 0.4) is 0 Å². The number of rotatable bonds is 0. The quantitative estimate of drug-likeness (QED) is 0.392. The van der Waals surface area contributed by atoms with E-state index in [0.717, 1.165) is 17.8 Å². The Bertz CT molecular complexity index is 390. The summed E-state index contributed by atoms with van der Waals surface area (Å²) in [5.41, 5.74) is 4.39. The van der Waals surface area contributed by atoms with Crippen molar-refractivity contribution < 1.29 is 0 Å². The van der Waals surface area contributed by atoms with Crippen molar-refractivity contribution in [2.24, 2.45) is 17.8 Å². The molecule has 24 heavy (non-hydrogen) atoms. The van der Waals surface area contributed by atoms with Crippen LogP contribution in [0.5, 0.6) is 0 Å². The van der Waals surface area contributed by atoms with Gasteiger partial charge in [-0.15, -0.1) is 0 Å². The molecular weight excluding hydrogens is 288 g/mol. The van der Waals surface area contributed by atoms with Crippen LogP contribution in [0.15, 0.2) is 36.5 Å². The van der Waals surface area contributed by atoms with Crippen molar-refractivity contribution >= 4 is 0 Å². The smallest absolute Gasteiger partial charge is 0.0234 e. The number of allylic oxidation sites excluding steroid dienone is 3. The molecule has 0 aromatic rings. The SMILES string of the molecule is C=C1CCC(C)CC1.C=C1CCCC(C)C1.C=C1CCCCC1C. The fourth-order valence-electron chi connectivity index (χ4n) is 3.82. The van der Waals surface area contributed by atoms with Gasteiger partial charge in [0.05, 0.1) is 0 Å². The summed E-state index contributed by atoms with van der Waals surface area (Å²) in [4.78, 5) is 0. The summed E-state index contributed by atoms with van der Waals surface area (Å²) >= 11 is 0. The highest BCUT2D eigenvalue weighted by atomic mass is 14.2. The zero-order valence-corrected chi connectivity index (χ0v) is 16.8. The molecule has 3 aliphatic rings. The lowest BCUT2D eigenvalue weighted by atomic mass is 9.87. The van der Waals surface area contributed by atoms with E-state index >= 15 is 0 Å². The highest BCUT2D eigenvalue weighted by Crippen LogP contribution is 2.27. The molecule has 2 unspecified atom stereocenters. The average Bonchev–Trinajstić information content (AvgIpc) is 2.54. The van der Waals surface area contributed by atoms with E-state index in [1.807, 2.05) is 0 Å². The molecule has 0 spiro atoms. The van der Waals surface area contributed by atoms with Crippen LogP contribution in [0.1, 0.15) is 97.8 Å². The highest BCUT2D eigenvalue weighted by Gasteiger charge is 2.11. The molecule has 0 aromatic carbocycles. The van der Waals surface area contributed by atoms with Gasteiger partial charge in [0, 0.05) is 0 Å². The number of hydrogen-bond donors (Lipinski definition) is 0. The second-order valence-corrected chi connectivity index (χ2v) is 8.69. The predicted octanol–water partition coefficient (Wildman–Crippen LogP) is 8.26. The van der Waals surface area contributed by atoms with Gasteiger partial charge in [-0.05, 0) is 82.0 Å². The topological polar surface area (TPSA) is 0 Å². The van der Waals surface area contributed by atoms with E-state index in [4.69, 9.17) is 0 Å². The van der Waals surface area contributed by atoms with E-state index in [1.54, 1.807) is 0 Å². The molecule has 0 amide bonds. The molecule has 3 aliphatic carbocycles. The summed E-state index contributed by atoms with van der Waals surface area (Å²) in [5, 5.41) is 0. The average molecular weight is 331 g/mol. The molecule has 0 saturated heterocycles. The minimum atomic E-state index is 0.809.